The van der Waals surface area contributed by atoms with Crippen molar-refractivity contribution in [3.05, 3.63) is 46.2 Å². The molecule has 0 aliphatic heterocycles. The van der Waals surface area contributed by atoms with Crippen molar-refractivity contribution >= 4 is 29.1 Å². The third kappa shape index (κ3) is 1.77. The van der Waals surface area contributed by atoms with Crippen LogP contribution in [0.25, 0.3) is 5.69 Å². The lowest BCUT2D eigenvalue weighted by Crippen LogP contribution is -2.17. The quantitative estimate of drug-likeness (QED) is 0.895. The Kier molecular flexibility index (Phi) is 2.85. The molecular formula is C10H7Cl2N3O. The second kappa shape index (κ2) is 4.15. The van der Waals surface area contributed by atoms with E-state index in [9.17, 15) is 4.79 Å². The van der Waals surface area contributed by atoms with Crippen molar-refractivity contribution in [2.45, 2.75) is 0 Å². The summed E-state index contributed by atoms with van der Waals surface area (Å²) in [6.07, 6.45) is 1.46. The lowest BCUT2D eigenvalue weighted by molar-refractivity contribution is 0.0993. The molecule has 0 unspecified atom stereocenters. The predicted molar refractivity (Wildman–Crippen MR) is 62.1 cm³/mol. The summed E-state index contributed by atoms with van der Waals surface area (Å²) in [5.74, 6) is -0.589. The van der Waals surface area contributed by atoms with Crippen LogP contribution in [-0.4, -0.2) is 15.7 Å². The molecule has 1 aromatic heterocycles. The van der Waals surface area contributed by atoms with Crippen molar-refractivity contribution in [1.82, 2.24) is 9.78 Å². The Balaban J connectivity index is 2.68. The number of benzene rings is 1. The molecule has 0 atom stereocenters. The molecule has 0 aliphatic rings. The Hall–Kier alpha value is -1.52. The minimum absolute atomic E-state index is 0.231. The maximum absolute atomic E-state index is 11.2. The molecule has 0 spiro atoms. The summed E-state index contributed by atoms with van der Waals surface area (Å²) in [7, 11) is 0. The summed E-state index contributed by atoms with van der Waals surface area (Å²) in [6.45, 7) is 0. The number of amides is 1. The van der Waals surface area contributed by atoms with Crippen LogP contribution in [0.2, 0.25) is 10.0 Å². The number of hydrogen-bond donors (Lipinski definition) is 1. The third-order valence-corrected chi connectivity index (χ3v) is 2.65. The van der Waals surface area contributed by atoms with Crippen molar-refractivity contribution in [2.75, 3.05) is 0 Å². The van der Waals surface area contributed by atoms with Crippen LogP contribution in [0.15, 0.2) is 30.5 Å². The summed E-state index contributed by atoms with van der Waals surface area (Å²) < 4.78 is 1.33. The fraction of sp³-hybridized carbons (Fsp3) is 0. The number of rotatable bonds is 2. The van der Waals surface area contributed by atoms with Gasteiger partial charge in [-0.05, 0) is 18.2 Å². The molecule has 2 N–H and O–H groups in total. The molecule has 0 fully saturated rings. The van der Waals surface area contributed by atoms with Gasteiger partial charge >= 0.3 is 0 Å². The molecule has 6 heteroatoms. The number of nitrogens with zero attached hydrogens (tertiary/aromatic N) is 2. The molecule has 2 rings (SSSR count). The van der Waals surface area contributed by atoms with Gasteiger partial charge in [-0.1, -0.05) is 29.3 Å². The zero-order valence-electron chi connectivity index (χ0n) is 8.02. The largest absolute Gasteiger partial charge is 0.364 e. The van der Waals surface area contributed by atoms with Gasteiger partial charge in [-0.2, -0.15) is 5.10 Å². The normalized spacial score (nSPS) is 10.4. The molecular weight excluding hydrogens is 249 g/mol. The number of para-hydroxylation sites is 1. The summed E-state index contributed by atoms with van der Waals surface area (Å²) in [5.41, 5.74) is 5.89. The summed E-state index contributed by atoms with van der Waals surface area (Å²) in [5, 5.41) is 4.78. The average Bonchev–Trinajstić information content (AvgIpc) is 2.66. The van der Waals surface area contributed by atoms with Gasteiger partial charge in [0.1, 0.15) is 11.4 Å². The van der Waals surface area contributed by atoms with Crippen LogP contribution in [0.5, 0.6) is 0 Å². The summed E-state index contributed by atoms with van der Waals surface area (Å²) in [4.78, 5) is 11.2. The Labute approximate surface area is 102 Å². The molecule has 0 saturated carbocycles. The highest BCUT2D eigenvalue weighted by Gasteiger charge is 2.14. The van der Waals surface area contributed by atoms with E-state index >= 15 is 0 Å². The summed E-state index contributed by atoms with van der Waals surface area (Å²) in [6, 6.07) is 6.54. The van der Waals surface area contributed by atoms with E-state index < -0.39 is 5.91 Å². The van der Waals surface area contributed by atoms with Crippen LogP contribution in [0.4, 0.5) is 0 Å². The highest BCUT2D eigenvalue weighted by molar-refractivity contribution is 6.37. The van der Waals surface area contributed by atoms with E-state index in [1.54, 1.807) is 18.2 Å². The van der Waals surface area contributed by atoms with Gasteiger partial charge in [0, 0.05) is 0 Å². The smallest absolute Gasteiger partial charge is 0.267 e. The van der Waals surface area contributed by atoms with E-state index in [2.05, 4.69) is 5.10 Å². The summed E-state index contributed by atoms with van der Waals surface area (Å²) >= 11 is 12.0. The van der Waals surface area contributed by atoms with Gasteiger partial charge in [0.15, 0.2) is 0 Å². The molecule has 0 radical (unpaired) electrons. The standard InChI is InChI=1S/C10H7Cl2N3O/c11-6-2-1-3-7(12)9(6)15-8(10(13)16)4-5-14-15/h1-5H,(H2,13,16). The Morgan fingerprint density at radius 3 is 2.44 bits per heavy atom. The number of halogens is 2. The Morgan fingerprint density at radius 1 is 1.25 bits per heavy atom. The maximum Gasteiger partial charge on any atom is 0.267 e. The fourth-order valence-corrected chi connectivity index (χ4v) is 1.92. The first-order chi connectivity index (χ1) is 7.61. The zero-order chi connectivity index (χ0) is 11.7. The second-order valence-corrected chi connectivity index (χ2v) is 3.88. The highest BCUT2D eigenvalue weighted by atomic mass is 35.5. The second-order valence-electron chi connectivity index (χ2n) is 3.06. The number of hydrogen-bond acceptors (Lipinski definition) is 2. The SMILES string of the molecule is NC(=O)c1ccnn1-c1c(Cl)cccc1Cl. The molecule has 0 saturated heterocycles. The molecule has 1 amide bonds. The van der Waals surface area contributed by atoms with Crippen LogP contribution in [-0.2, 0) is 0 Å². The fourth-order valence-electron chi connectivity index (χ4n) is 1.36. The van der Waals surface area contributed by atoms with Crippen LogP contribution in [0.1, 0.15) is 10.5 Å². The average molecular weight is 256 g/mol. The number of carbonyl (C=O) groups excluding carboxylic acids is 1. The van der Waals surface area contributed by atoms with E-state index in [0.29, 0.717) is 15.7 Å². The van der Waals surface area contributed by atoms with Gasteiger partial charge in [-0.3, -0.25) is 4.79 Å². The van der Waals surface area contributed by atoms with E-state index in [4.69, 9.17) is 28.9 Å². The monoisotopic (exact) mass is 255 g/mol. The first-order valence-corrected chi connectivity index (χ1v) is 5.15. The molecule has 2 aromatic rings. The van der Waals surface area contributed by atoms with Crippen molar-refractivity contribution in [2.24, 2.45) is 5.73 Å². The van der Waals surface area contributed by atoms with Crippen molar-refractivity contribution < 1.29 is 4.79 Å². The number of carbonyl (C=O) groups is 1. The third-order valence-electron chi connectivity index (χ3n) is 2.04. The van der Waals surface area contributed by atoms with Crippen LogP contribution < -0.4 is 5.73 Å². The van der Waals surface area contributed by atoms with Gasteiger partial charge in [0.25, 0.3) is 5.91 Å². The van der Waals surface area contributed by atoms with Gasteiger partial charge in [-0.25, -0.2) is 4.68 Å². The number of aromatic nitrogens is 2. The topological polar surface area (TPSA) is 60.9 Å². The molecule has 4 nitrogen and oxygen atoms in total. The van der Waals surface area contributed by atoms with E-state index in [1.807, 2.05) is 0 Å². The van der Waals surface area contributed by atoms with Gasteiger partial charge < -0.3 is 5.73 Å². The van der Waals surface area contributed by atoms with E-state index in [0.717, 1.165) is 0 Å². The molecule has 0 bridgehead atoms. The van der Waals surface area contributed by atoms with Gasteiger partial charge in [0.2, 0.25) is 0 Å². The highest BCUT2D eigenvalue weighted by Crippen LogP contribution is 2.28. The lowest BCUT2D eigenvalue weighted by Gasteiger charge is -2.08. The lowest BCUT2D eigenvalue weighted by atomic mass is 10.3. The Morgan fingerprint density at radius 2 is 1.88 bits per heavy atom. The first kappa shape index (κ1) is 11.0. The minimum Gasteiger partial charge on any atom is -0.364 e. The van der Waals surface area contributed by atoms with Crippen molar-refractivity contribution in [3.8, 4) is 5.69 Å². The zero-order valence-corrected chi connectivity index (χ0v) is 9.53. The van der Waals surface area contributed by atoms with Crippen molar-refractivity contribution in [3.63, 3.8) is 0 Å². The molecule has 16 heavy (non-hydrogen) atoms. The molecule has 1 aromatic carbocycles. The van der Waals surface area contributed by atoms with E-state index in [-0.39, 0.29) is 5.69 Å². The van der Waals surface area contributed by atoms with Crippen molar-refractivity contribution in [1.29, 1.82) is 0 Å². The Bertz CT molecular complexity index is 530. The van der Waals surface area contributed by atoms with Crippen LogP contribution >= 0.6 is 23.2 Å². The minimum atomic E-state index is -0.589. The maximum atomic E-state index is 11.2. The predicted octanol–water partition coefficient (Wildman–Crippen LogP) is 2.28. The van der Waals surface area contributed by atoms with Crippen LogP contribution in [0.3, 0.4) is 0 Å². The number of nitrogens with two attached hydrogens (primary N) is 1. The van der Waals surface area contributed by atoms with Gasteiger partial charge in [-0.15, -0.1) is 0 Å². The molecule has 0 aliphatic carbocycles. The van der Waals surface area contributed by atoms with E-state index in [1.165, 1.54) is 16.9 Å². The molecule has 1 heterocycles. The van der Waals surface area contributed by atoms with Gasteiger partial charge in [0.05, 0.1) is 16.2 Å². The number of primary amides is 1. The van der Waals surface area contributed by atoms with Crippen LogP contribution in [0, 0.1) is 0 Å². The molecule has 82 valence electrons. The first-order valence-electron chi connectivity index (χ1n) is 4.39.